The number of amides is 1. The highest BCUT2D eigenvalue weighted by Gasteiger charge is 2.33. The maximum atomic E-state index is 13.2. The van der Waals surface area contributed by atoms with Crippen molar-refractivity contribution in [2.24, 2.45) is 5.92 Å². The van der Waals surface area contributed by atoms with Crippen molar-refractivity contribution in [2.45, 2.75) is 31.2 Å². The fourth-order valence-corrected chi connectivity index (χ4v) is 5.85. The average Bonchev–Trinajstić information content (AvgIpc) is 2.84. The molecule has 1 heterocycles. The fourth-order valence-electron chi connectivity index (χ4n) is 4.34. The quantitative estimate of drug-likeness (QED) is 0.521. The predicted octanol–water partition coefficient (Wildman–Crippen LogP) is 4.30. The fraction of sp³-hybridized carbons (Fsp3) is 0.346. The zero-order valence-electron chi connectivity index (χ0n) is 19.1. The van der Waals surface area contributed by atoms with Crippen LogP contribution in [0.2, 0.25) is 0 Å². The van der Waals surface area contributed by atoms with Gasteiger partial charge >= 0.3 is 0 Å². The SMILES string of the molecule is CCOc1ccc(CN(C)C(=O)C2CCN(S(=O)(=O)c3ccc4ccccc4c3)CC2)cc1. The molecule has 1 aliphatic rings. The van der Waals surface area contributed by atoms with E-state index in [0.717, 1.165) is 22.1 Å². The van der Waals surface area contributed by atoms with E-state index < -0.39 is 10.0 Å². The minimum atomic E-state index is -3.58. The zero-order chi connectivity index (χ0) is 23.4. The Morgan fingerprint density at radius 3 is 2.33 bits per heavy atom. The lowest BCUT2D eigenvalue weighted by molar-refractivity contribution is -0.135. The number of nitrogens with zero attached hydrogens (tertiary/aromatic N) is 2. The van der Waals surface area contributed by atoms with Gasteiger partial charge in [0.2, 0.25) is 15.9 Å². The normalized spacial score (nSPS) is 15.5. The van der Waals surface area contributed by atoms with Crippen LogP contribution in [0.4, 0.5) is 0 Å². The van der Waals surface area contributed by atoms with Crippen molar-refractivity contribution in [3.8, 4) is 5.75 Å². The van der Waals surface area contributed by atoms with E-state index in [2.05, 4.69) is 0 Å². The van der Waals surface area contributed by atoms with Gasteiger partial charge in [0.15, 0.2) is 0 Å². The summed E-state index contributed by atoms with van der Waals surface area (Å²) < 4.78 is 33.3. The summed E-state index contributed by atoms with van der Waals surface area (Å²) in [5.41, 5.74) is 1.03. The lowest BCUT2D eigenvalue weighted by Gasteiger charge is -2.32. The van der Waals surface area contributed by atoms with E-state index in [0.29, 0.717) is 44.0 Å². The highest BCUT2D eigenvalue weighted by atomic mass is 32.2. The van der Waals surface area contributed by atoms with Gasteiger partial charge in [0.25, 0.3) is 0 Å². The van der Waals surface area contributed by atoms with Gasteiger partial charge in [-0.2, -0.15) is 4.31 Å². The number of hydrogen-bond donors (Lipinski definition) is 0. The summed E-state index contributed by atoms with van der Waals surface area (Å²) in [7, 11) is -1.78. The molecular weight excluding hydrogens is 436 g/mol. The molecule has 6 nitrogen and oxygen atoms in total. The van der Waals surface area contributed by atoms with Crippen LogP contribution >= 0.6 is 0 Å². The molecule has 3 aromatic carbocycles. The van der Waals surface area contributed by atoms with E-state index >= 15 is 0 Å². The molecule has 0 atom stereocenters. The van der Waals surface area contributed by atoms with Crippen LogP contribution in [0.1, 0.15) is 25.3 Å². The number of carbonyl (C=O) groups is 1. The Bertz CT molecular complexity index is 1220. The minimum Gasteiger partial charge on any atom is -0.494 e. The standard InChI is InChI=1S/C26H30N2O4S/c1-3-32-24-11-8-20(9-12-24)19-27(2)26(29)22-14-16-28(17-15-22)33(30,31)25-13-10-21-6-4-5-7-23(21)18-25/h4-13,18,22H,3,14-17,19H2,1-2H3. The third kappa shape index (κ3) is 5.20. The third-order valence-electron chi connectivity index (χ3n) is 6.19. The van der Waals surface area contributed by atoms with Crippen molar-refractivity contribution in [3.05, 3.63) is 72.3 Å². The molecule has 0 unspecified atom stereocenters. The summed E-state index contributed by atoms with van der Waals surface area (Å²) in [5.74, 6) is 0.711. The topological polar surface area (TPSA) is 66.9 Å². The van der Waals surface area contributed by atoms with Crippen molar-refractivity contribution in [3.63, 3.8) is 0 Å². The van der Waals surface area contributed by atoms with Crippen LogP contribution in [-0.2, 0) is 21.4 Å². The monoisotopic (exact) mass is 466 g/mol. The van der Waals surface area contributed by atoms with E-state index in [1.165, 1.54) is 4.31 Å². The first-order valence-corrected chi connectivity index (χ1v) is 12.8. The molecule has 0 N–H and O–H groups in total. The van der Waals surface area contributed by atoms with Gasteiger partial charge in [0.1, 0.15) is 5.75 Å². The average molecular weight is 467 g/mol. The van der Waals surface area contributed by atoms with E-state index in [4.69, 9.17) is 4.74 Å². The molecular formula is C26H30N2O4S. The largest absolute Gasteiger partial charge is 0.494 e. The van der Waals surface area contributed by atoms with Gasteiger partial charge in [-0.1, -0.05) is 42.5 Å². The Hall–Kier alpha value is -2.90. The second kappa shape index (κ2) is 9.93. The van der Waals surface area contributed by atoms with Crippen LogP contribution in [0, 0.1) is 5.92 Å². The summed E-state index contributed by atoms with van der Waals surface area (Å²) in [4.78, 5) is 15.0. The molecule has 0 radical (unpaired) electrons. The van der Waals surface area contributed by atoms with E-state index in [1.807, 2.05) is 61.5 Å². The molecule has 1 aliphatic heterocycles. The Labute approximate surface area is 195 Å². The lowest BCUT2D eigenvalue weighted by Crippen LogP contribution is -2.43. The molecule has 0 aliphatic carbocycles. The van der Waals surface area contributed by atoms with Crippen LogP contribution in [0.5, 0.6) is 5.75 Å². The van der Waals surface area contributed by atoms with Gasteiger partial charge in [-0.25, -0.2) is 8.42 Å². The molecule has 0 bridgehead atoms. The Morgan fingerprint density at radius 2 is 1.67 bits per heavy atom. The smallest absolute Gasteiger partial charge is 0.243 e. The van der Waals surface area contributed by atoms with Crippen molar-refractivity contribution < 1.29 is 17.9 Å². The van der Waals surface area contributed by atoms with Crippen molar-refractivity contribution in [1.29, 1.82) is 0 Å². The maximum absolute atomic E-state index is 13.2. The Kier molecular flexibility index (Phi) is 7.00. The molecule has 0 saturated carbocycles. The minimum absolute atomic E-state index is 0.0617. The molecule has 0 spiro atoms. The van der Waals surface area contributed by atoms with Crippen LogP contribution in [0.15, 0.2) is 71.6 Å². The first kappa shape index (κ1) is 23.3. The molecule has 174 valence electrons. The van der Waals surface area contributed by atoms with E-state index in [-0.39, 0.29) is 11.8 Å². The van der Waals surface area contributed by atoms with Gasteiger partial charge in [0, 0.05) is 32.6 Å². The van der Waals surface area contributed by atoms with E-state index in [9.17, 15) is 13.2 Å². The van der Waals surface area contributed by atoms with Crippen molar-refractivity contribution in [1.82, 2.24) is 9.21 Å². The Balaban J connectivity index is 1.36. The molecule has 1 fully saturated rings. The van der Waals surface area contributed by atoms with Gasteiger partial charge in [0.05, 0.1) is 11.5 Å². The predicted molar refractivity (Wildman–Crippen MR) is 130 cm³/mol. The lowest BCUT2D eigenvalue weighted by atomic mass is 9.96. The maximum Gasteiger partial charge on any atom is 0.243 e. The number of rotatable bonds is 7. The van der Waals surface area contributed by atoms with Gasteiger partial charge < -0.3 is 9.64 Å². The highest BCUT2D eigenvalue weighted by molar-refractivity contribution is 7.89. The molecule has 7 heteroatoms. The highest BCUT2D eigenvalue weighted by Crippen LogP contribution is 2.27. The summed E-state index contributed by atoms with van der Waals surface area (Å²) in [6, 6.07) is 20.7. The van der Waals surface area contributed by atoms with Gasteiger partial charge in [-0.05, 0) is 60.4 Å². The summed E-state index contributed by atoms with van der Waals surface area (Å²) in [6.07, 6.45) is 1.05. The van der Waals surface area contributed by atoms with Crippen LogP contribution in [0.3, 0.4) is 0 Å². The molecule has 3 aromatic rings. The first-order chi connectivity index (χ1) is 15.9. The summed E-state index contributed by atoms with van der Waals surface area (Å²) >= 11 is 0. The van der Waals surface area contributed by atoms with E-state index in [1.54, 1.807) is 24.1 Å². The molecule has 0 aromatic heterocycles. The van der Waals surface area contributed by atoms with Crippen LogP contribution in [0.25, 0.3) is 10.8 Å². The number of benzene rings is 3. The zero-order valence-corrected chi connectivity index (χ0v) is 19.9. The van der Waals surface area contributed by atoms with Gasteiger partial charge in [-0.3, -0.25) is 4.79 Å². The number of piperidine rings is 1. The van der Waals surface area contributed by atoms with Crippen molar-refractivity contribution in [2.75, 3.05) is 26.7 Å². The second-order valence-corrected chi connectivity index (χ2v) is 10.4. The van der Waals surface area contributed by atoms with Gasteiger partial charge in [-0.15, -0.1) is 0 Å². The molecule has 33 heavy (non-hydrogen) atoms. The molecule has 1 saturated heterocycles. The number of carbonyl (C=O) groups excluding carboxylic acids is 1. The summed E-state index contributed by atoms with van der Waals surface area (Å²) in [6.45, 7) is 3.78. The van der Waals surface area contributed by atoms with Crippen LogP contribution < -0.4 is 4.74 Å². The molecule has 4 rings (SSSR count). The first-order valence-electron chi connectivity index (χ1n) is 11.3. The Morgan fingerprint density at radius 1 is 1.00 bits per heavy atom. The number of sulfonamides is 1. The number of ether oxygens (including phenoxy) is 1. The second-order valence-electron chi connectivity index (χ2n) is 8.46. The number of fused-ring (bicyclic) bond motifs is 1. The van der Waals surface area contributed by atoms with Crippen LogP contribution in [-0.4, -0.2) is 50.3 Å². The molecule has 1 amide bonds. The summed E-state index contributed by atoms with van der Waals surface area (Å²) in [5, 5.41) is 1.91. The number of hydrogen-bond acceptors (Lipinski definition) is 4. The van der Waals surface area contributed by atoms with Crippen molar-refractivity contribution >= 4 is 26.7 Å². The third-order valence-corrected chi connectivity index (χ3v) is 8.09.